The third-order valence-electron chi connectivity index (χ3n) is 0. The van der Waals surface area contributed by atoms with E-state index in [1.807, 2.05) is 0 Å². The highest BCUT2D eigenvalue weighted by molar-refractivity contribution is 8.26. The molecule has 0 saturated carbocycles. The third kappa shape index (κ3) is 2610. The van der Waals surface area contributed by atoms with Gasteiger partial charge in [-0.05, 0) is 0 Å². The SMILES string of the molecule is NS(=O)[O-].O=S(O)(O)=S. The van der Waals surface area contributed by atoms with E-state index < -0.39 is 20.3 Å². The zero-order chi connectivity index (χ0) is 8.08. The molecule has 0 amide bonds. The quantitative estimate of drug-likeness (QED) is 0.400. The number of hydrogen-bond acceptors (Lipinski definition) is 4. The summed E-state index contributed by atoms with van der Waals surface area (Å²) in [5, 5.41) is 4.03. The molecule has 0 aromatic rings. The van der Waals surface area contributed by atoms with Gasteiger partial charge in [0.1, 0.15) is 0 Å². The maximum Gasteiger partial charge on any atom is 0.263 e. The van der Waals surface area contributed by atoms with Gasteiger partial charge < -0.3 is 4.55 Å². The zero-order valence-corrected chi connectivity index (χ0v) is 6.37. The van der Waals surface area contributed by atoms with Gasteiger partial charge in [-0.1, -0.05) is 0 Å². The standard InChI is InChI=1S/H3NO2S.H2O3S2/c1-4(2)3;1-5(2,3)4/h1H2,(H,2,3);(H2,1,2,3,4)/p-1. The van der Waals surface area contributed by atoms with E-state index in [4.69, 9.17) is 22.1 Å². The monoisotopic (exact) mass is 194 g/mol. The van der Waals surface area contributed by atoms with Gasteiger partial charge in [0.15, 0.2) is 0 Å². The molecule has 4 N–H and O–H groups in total. The Labute approximate surface area is 59.2 Å². The van der Waals surface area contributed by atoms with Crippen molar-refractivity contribution in [2.24, 2.45) is 5.14 Å². The molecule has 58 valence electrons. The first-order valence-electron chi connectivity index (χ1n) is 1.27. The topological polar surface area (TPSA) is 124 Å². The van der Waals surface area contributed by atoms with Crippen LogP contribution in [0.1, 0.15) is 0 Å². The Balaban J connectivity index is 0. The maximum atomic E-state index is 9.11. The number of hydrogen-bond donors (Lipinski definition) is 3. The summed E-state index contributed by atoms with van der Waals surface area (Å²) in [5.74, 6) is 0. The van der Waals surface area contributed by atoms with Crippen molar-refractivity contribution in [3.05, 3.63) is 0 Å². The van der Waals surface area contributed by atoms with Crippen LogP contribution in [-0.2, 0) is 31.5 Å². The second kappa shape index (κ2) is 5.17. The second-order valence-corrected chi connectivity index (χ2v) is 3.43. The van der Waals surface area contributed by atoms with E-state index in [1.165, 1.54) is 0 Å². The normalized spacial score (nSPS) is 13.3. The lowest BCUT2D eigenvalue weighted by atomic mass is 13.9. The van der Waals surface area contributed by atoms with Crippen LogP contribution in [0.2, 0.25) is 0 Å². The van der Waals surface area contributed by atoms with Crippen LogP contribution in [0.3, 0.4) is 0 Å². The summed E-state index contributed by atoms with van der Waals surface area (Å²) >= 11 is 1.10. The van der Waals surface area contributed by atoms with Crippen LogP contribution < -0.4 is 5.14 Å². The minimum Gasteiger partial charge on any atom is -0.760 e. The average molecular weight is 194 g/mol. The molecule has 1 atom stereocenters. The van der Waals surface area contributed by atoms with Gasteiger partial charge in [0.2, 0.25) is 0 Å². The summed E-state index contributed by atoms with van der Waals surface area (Å²) in [4.78, 5) is 0. The van der Waals surface area contributed by atoms with E-state index in [2.05, 4.69) is 16.3 Å². The van der Waals surface area contributed by atoms with Crippen molar-refractivity contribution in [2.75, 3.05) is 0 Å². The van der Waals surface area contributed by atoms with Gasteiger partial charge in [0, 0.05) is 22.5 Å². The first-order valence-corrected chi connectivity index (χ1v) is 4.80. The Morgan fingerprint density at radius 1 is 1.67 bits per heavy atom. The Morgan fingerprint density at radius 2 is 1.67 bits per heavy atom. The fourth-order valence-electron chi connectivity index (χ4n) is 0. The van der Waals surface area contributed by atoms with Gasteiger partial charge in [-0.2, -0.15) is 4.21 Å². The van der Waals surface area contributed by atoms with E-state index in [-0.39, 0.29) is 0 Å². The molecule has 1 unspecified atom stereocenters. The largest absolute Gasteiger partial charge is 0.760 e. The van der Waals surface area contributed by atoms with Crippen LogP contribution in [0.25, 0.3) is 0 Å². The zero-order valence-electron chi connectivity index (χ0n) is 3.92. The predicted octanol–water partition coefficient (Wildman–Crippen LogP) is -1.58. The van der Waals surface area contributed by atoms with Crippen LogP contribution in [-0.4, -0.2) is 22.1 Å². The van der Waals surface area contributed by atoms with E-state index in [0.717, 1.165) is 0 Å². The predicted molar refractivity (Wildman–Crippen MR) is 33.9 cm³/mol. The lowest BCUT2D eigenvalue weighted by molar-refractivity contribution is 0.450. The molecule has 0 radical (unpaired) electrons. The van der Waals surface area contributed by atoms with Gasteiger partial charge in [0.25, 0.3) is 9.05 Å². The minimum atomic E-state index is -3.83. The highest BCUT2D eigenvalue weighted by atomic mass is 32.9. The van der Waals surface area contributed by atoms with Crippen LogP contribution >= 0.6 is 0 Å². The Kier molecular flexibility index (Phi) is 6.94. The van der Waals surface area contributed by atoms with E-state index in [9.17, 15) is 0 Å². The molecule has 0 bridgehead atoms. The molecule has 0 aliphatic carbocycles. The molecule has 0 aromatic heterocycles. The van der Waals surface area contributed by atoms with Crippen molar-refractivity contribution in [2.45, 2.75) is 0 Å². The van der Waals surface area contributed by atoms with E-state index in [1.54, 1.807) is 0 Å². The van der Waals surface area contributed by atoms with Gasteiger partial charge in [-0.25, -0.2) is 0 Å². The lowest BCUT2D eigenvalue weighted by Crippen LogP contribution is -1.97. The molecular formula is H4NO5S3-. The Bertz CT molecular complexity index is 155. The molecule has 0 aromatic carbocycles. The van der Waals surface area contributed by atoms with Crippen molar-refractivity contribution in [3.8, 4) is 0 Å². The second-order valence-electron chi connectivity index (χ2n) is 0.708. The molecule has 0 saturated heterocycles. The summed E-state index contributed by atoms with van der Waals surface area (Å²) in [5.41, 5.74) is 0. The summed E-state index contributed by atoms with van der Waals surface area (Å²) in [6.45, 7) is 0. The van der Waals surface area contributed by atoms with Crippen molar-refractivity contribution in [3.63, 3.8) is 0 Å². The molecular weight excluding hydrogens is 190 g/mol. The van der Waals surface area contributed by atoms with Crippen molar-refractivity contribution in [1.29, 1.82) is 0 Å². The van der Waals surface area contributed by atoms with Crippen molar-refractivity contribution < 1.29 is 22.1 Å². The molecule has 6 nitrogen and oxygen atoms in total. The molecule has 0 aliphatic heterocycles. The molecule has 0 aliphatic rings. The Morgan fingerprint density at radius 3 is 1.67 bits per heavy atom. The smallest absolute Gasteiger partial charge is 0.263 e. The molecule has 0 heterocycles. The average Bonchev–Trinajstić information content (AvgIpc) is 1.19. The highest BCUT2D eigenvalue weighted by Crippen LogP contribution is 1.62. The van der Waals surface area contributed by atoms with Gasteiger partial charge in [-0.15, -0.1) is 0 Å². The molecule has 0 fully saturated rings. The van der Waals surface area contributed by atoms with Gasteiger partial charge in [-0.3, -0.25) is 18.5 Å². The first kappa shape index (κ1) is 12.1. The Hall–Kier alpha value is 0.360. The number of rotatable bonds is 0. The summed E-state index contributed by atoms with van der Waals surface area (Å²) in [6, 6.07) is 0. The minimum absolute atomic E-state index is 2.36. The van der Waals surface area contributed by atoms with Crippen LogP contribution in [0.5, 0.6) is 0 Å². The molecule has 0 rings (SSSR count). The van der Waals surface area contributed by atoms with Crippen LogP contribution in [0.4, 0.5) is 0 Å². The molecule has 0 spiro atoms. The highest BCUT2D eigenvalue weighted by Gasteiger charge is 1.78. The van der Waals surface area contributed by atoms with Crippen LogP contribution in [0.15, 0.2) is 0 Å². The molecule has 9 heteroatoms. The summed E-state index contributed by atoms with van der Waals surface area (Å²) < 4.78 is 41.5. The lowest BCUT2D eigenvalue weighted by Gasteiger charge is -1.85. The third-order valence-corrected chi connectivity index (χ3v) is 0. The van der Waals surface area contributed by atoms with E-state index >= 15 is 0 Å². The summed E-state index contributed by atoms with van der Waals surface area (Å²) in [7, 11) is -3.83. The number of nitrogens with two attached hydrogens (primary N) is 1. The van der Waals surface area contributed by atoms with Gasteiger partial charge >= 0.3 is 0 Å². The fraction of sp³-hybridized carbons (Fsp3) is 0. The van der Waals surface area contributed by atoms with E-state index in [0.29, 0.717) is 0 Å². The van der Waals surface area contributed by atoms with Crippen molar-refractivity contribution >= 4 is 31.5 Å². The van der Waals surface area contributed by atoms with Crippen LogP contribution in [0, 0.1) is 0 Å². The molecule has 9 heavy (non-hydrogen) atoms. The van der Waals surface area contributed by atoms with Crippen molar-refractivity contribution in [1.82, 2.24) is 0 Å². The fourth-order valence-corrected chi connectivity index (χ4v) is 0. The summed E-state index contributed by atoms with van der Waals surface area (Å²) in [6.07, 6.45) is 0. The maximum absolute atomic E-state index is 9.11. The first-order chi connectivity index (χ1) is 3.73. The van der Waals surface area contributed by atoms with Gasteiger partial charge in [0.05, 0.1) is 0 Å².